The number of carbonyl (C=O) groups is 2. The van der Waals surface area contributed by atoms with Crippen molar-refractivity contribution in [2.75, 3.05) is 19.6 Å². The van der Waals surface area contributed by atoms with E-state index < -0.39 is 0 Å². The SMILES string of the molecule is CCCC1(C(=O)N2CC(C(N)=O)CCC2C)CCCNC1. The van der Waals surface area contributed by atoms with Crippen LogP contribution in [0.3, 0.4) is 0 Å². The highest BCUT2D eigenvalue weighted by Crippen LogP contribution is 2.36. The largest absolute Gasteiger partial charge is 0.369 e. The number of rotatable bonds is 4. The predicted molar refractivity (Wildman–Crippen MR) is 82.5 cm³/mol. The van der Waals surface area contributed by atoms with Crippen molar-refractivity contribution in [2.24, 2.45) is 17.1 Å². The van der Waals surface area contributed by atoms with Crippen molar-refractivity contribution in [3.8, 4) is 0 Å². The van der Waals surface area contributed by atoms with Gasteiger partial charge in [0.2, 0.25) is 11.8 Å². The normalized spacial score (nSPS) is 33.7. The molecule has 2 heterocycles. The Morgan fingerprint density at radius 3 is 2.71 bits per heavy atom. The maximum absolute atomic E-state index is 13.2. The summed E-state index contributed by atoms with van der Waals surface area (Å²) in [6.07, 6.45) is 5.61. The van der Waals surface area contributed by atoms with E-state index >= 15 is 0 Å². The third-order valence-electron chi connectivity index (χ3n) is 5.20. The van der Waals surface area contributed by atoms with E-state index in [2.05, 4.69) is 19.2 Å². The molecule has 5 heteroatoms. The third-order valence-corrected chi connectivity index (χ3v) is 5.20. The summed E-state index contributed by atoms with van der Waals surface area (Å²) in [4.78, 5) is 26.6. The molecule has 2 rings (SSSR count). The Morgan fingerprint density at radius 1 is 1.38 bits per heavy atom. The van der Waals surface area contributed by atoms with Gasteiger partial charge in [-0.15, -0.1) is 0 Å². The van der Waals surface area contributed by atoms with Crippen molar-refractivity contribution in [1.82, 2.24) is 10.2 Å². The molecule has 0 spiro atoms. The van der Waals surface area contributed by atoms with Gasteiger partial charge in [-0.3, -0.25) is 9.59 Å². The van der Waals surface area contributed by atoms with Crippen LogP contribution < -0.4 is 11.1 Å². The molecule has 0 radical (unpaired) electrons. The first kappa shape index (κ1) is 16.3. The van der Waals surface area contributed by atoms with Crippen LogP contribution in [0.5, 0.6) is 0 Å². The number of hydrogen-bond acceptors (Lipinski definition) is 3. The number of amides is 2. The van der Waals surface area contributed by atoms with Crippen LogP contribution in [0.1, 0.15) is 52.4 Å². The molecular weight excluding hydrogens is 266 g/mol. The molecule has 0 aliphatic carbocycles. The maximum atomic E-state index is 13.2. The molecule has 120 valence electrons. The zero-order valence-corrected chi connectivity index (χ0v) is 13.4. The highest BCUT2D eigenvalue weighted by Gasteiger charge is 2.44. The maximum Gasteiger partial charge on any atom is 0.230 e. The molecular formula is C16H29N3O2. The minimum absolute atomic E-state index is 0.180. The number of primary amides is 1. The summed E-state index contributed by atoms with van der Waals surface area (Å²) in [5.41, 5.74) is 5.18. The van der Waals surface area contributed by atoms with E-state index in [1.807, 2.05) is 4.90 Å². The number of likely N-dealkylation sites (tertiary alicyclic amines) is 1. The van der Waals surface area contributed by atoms with Crippen LogP contribution in [0.4, 0.5) is 0 Å². The molecule has 2 aliphatic rings. The fourth-order valence-electron chi connectivity index (χ4n) is 3.88. The number of nitrogens with one attached hydrogen (secondary N) is 1. The first-order chi connectivity index (χ1) is 10.00. The van der Waals surface area contributed by atoms with Crippen LogP contribution >= 0.6 is 0 Å². The van der Waals surface area contributed by atoms with Gasteiger partial charge in [0.15, 0.2) is 0 Å². The van der Waals surface area contributed by atoms with Crippen molar-refractivity contribution in [3.05, 3.63) is 0 Å². The summed E-state index contributed by atoms with van der Waals surface area (Å²) in [6, 6.07) is 0.212. The first-order valence-electron chi connectivity index (χ1n) is 8.31. The highest BCUT2D eigenvalue weighted by molar-refractivity contribution is 5.85. The van der Waals surface area contributed by atoms with E-state index in [0.29, 0.717) is 6.54 Å². The lowest BCUT2D eigenvalue weighted by Gasteiger charge is -2.45. The topological polar surface area (TPSA) is 75.4 Å². The Morgan fingerprint density at radius 2 is 2.14 bits per heavy atom. The van der Waals surface area contributed by atoms with Crippen LogP contribution in [-0.4, -0.2) is 42.4 Å². The number of nitrogens with two attached hydrogens (primary N) is 1. The Labute approximate surface area is 127 Å². The van der Waals surface area contributed by atoms with Gasteiger partial charge in [0.25, 0.3) is 0 Å². The lowest BCUT2D eigenvalue weighted by atomic mass is 9.74. The number of hydrogen-bond donors (Lipinski definition) is 2. The van der Waals surface area contributed by atoms with Crippen molar-refractivity contribution in [2.45, 2.75) is 58.4 Å². The van der Waals surface area contributed by atoms with Gasteiger partial charge in [0.05, 0.1) is 11.3 Å². The van der Waals surface area contributed by atoms with Gasteiger partial charge in [-0.25, -0.2) is 0 Å². The van der Waals surface area contributed by atoms with Crippen LogP contribution in [-0.2, 0) is 9.59 Å². The van der Waals surface area contributed by atoms with Crippen LogP contribution in [0.15, 0.2) is 0 Å². The Kier molecular flexibility index (Phi) is 5.25. The molecule has 2 saturated heterocycles. The zero-order chi connectivity index (χ0) is 15.5. The van der Waals surface area contributed by atoms with Gasteiger partial charge in [-0.1, -0.05) is 13.3 Å². The minimum atomic E-state index is -0.277. The number of piperidine rings is 2. The molecule has 5 nitrogen and oxygen atoms in total. The molecule has 3 atom stereocenters. The Hall–Kier alpha value is -1.10. The second kappa shape index (κ2) is 6.77. The average molecular weight is 295 g/mol. The minimum Gasteiger partial charge on any atom is -0.369 e. The zero-order valence-electron chi connectivity index (χ0n) is 13.4. The highest BCUT2D eigenvalue weighted by atomic mass is 16.2. The predicted octanol–water partition coefficient (Wildman–Crippen LogP) is 1.27. The second-order valence-electron chi connectivity index (χ2n) is 6.79. The van der Waals surface area contributed by atoms with Crippen LogP contribution in [0.2, 0.25) is 0 Å². The average Bonchev–Trinajstić information content (AvgIpc) is 2.48. The van der Waals surface area contributed by atoms with Crippen LogP contribution in [0.25, 0.3) is 0 Å². The summed E-state index contributed by atoms with van der Waals surface area (Å²) in [6.45, 7) is 6.49. The molecule has 3 N–H and O–H groups in total. The molecule has 0 saturated carbocycles. The summed E-state index contributed by atoms with van der Waals surface area (Å²) < 4.78 is 0. The van der Waals surface area contributed by atoms with Gasteiger partial charge < -0.3 is 16.0 Å². The fraction of sp³-hybridized carbons (Fsp3) is 0.875. The van der Waals surface area contributed by atoms with Gasteiger partial charge >= 0.3 is 0 Å². The van der Waals surface area contributed by atoms with Crippen molar-refractivity contribution in [3.63, 3.8) is 0 Å². The fourth-order valence-corrected chi connectivity index (χ4v) is 3.88. The lowest BCUT2D eigenvalue weighted by Crippen LogP contribution is -2.57. The number of nitrogens with zero attached hydrogens (tertiary/aromatic N) is 1. The molecule has 0 aromatic carbocycles. The third kappa shape index (κ3) is 3.39. The van der Waals surface area contributed by atoms with E-state index in [4.69, 9.17) is 5.73 Å². The molecule has 0 aromatic heterocycles. The monoisotopic (exact) mass is 295 g/mol. The lowest BCUT2D eigenvalue weighted by molar-refractivity contribution is -0.149. The smallest absolute Gasteiger partial charge is 0.230 e. The molecule has 3 unspecified atom stereocenters. The van der Waals surface area contributed by atoms with E-state index in [1.54, 1.807) is 0 Å². The Bertz CT molecular complexity index is 385. The van der Waals surface area contributed by atoms with Crippen molar-refractivity contribution in [1.29, 1.82) is 0 Å². The molecule has 2 amide bonds. The summed E-state index contributed by atoms with van der Waals surface area (Å²) in [5, 5.41) is 3.39. The summed E-state index contributed by atoms with van der Waals surface area (Å²) in [5.74, 6) is -0.221. The molecule has 21 heavy (non-hydrogen) atoms. The van der Waals surface area contributed by atoms with Crippen LogP contribution in [0, 0.1) is 11.3 Å². The van der Waals surface area contributed by atoms with Gasteiger partial charge in [0, 0.05) is 19.1 Å². The van der Waals surface area contributed by atoms with E-state index in [0.717, 1.165) is 51.6 Å². The van der Waals surface area contributed by atoms with Gasteiger partial charge in [0.1, 0.15) is 0 Å². The molecule has 0 aromatic rings. The van der Waals surface area contributed by atoms with E-state index in [9.17, 15) is 9.59 Å². The van der Waals surface area contributed by atoms with E-state index in [-0.39, 0.29) is 29.2 Å². The quantitative estimate of drug-likeness (QED) is 0.820. The van der Waals surface area contributed by atoms with Gasteiger partial charge in [-0.2, -0.15) is 0 Å². The van der Waals surface area contributed by atoms with E-state index in [1.165, 1.54) is 0 Å². The van der Waals surface area contributed by atoms with Gasteiger partial charge in [-0.05, 0) is 45.6 Å². The second-order valence-corrected chi connectivity index (χ2v) is 6.79. The van der Waals surface area contributed by atoms with Crippen molar-refractivity contribution >= 4 is 11.8 Å². The van der Waals surface area contributed by atoms with Crippen molar-refractivity contribution < 1.29 is 9.59 Å². The standard InChI is InChI=1S/C16H29N3O2/c1-3-7-16(8-4-9-18-11-16)15(21)19-10-13(14(17)20)6-5-12(19)2/h12-13,18H,3-11H2,1-2H3,(H2,17,20). The summed E-state index contributed by atoms with van der Waals surface area (Å²) >= 11 is 0. The number of carbonyl (C=O) groups excluding carboxylic acids is 2. The molecule has 2 aliphatic heterocycles. The molecule has 2 fully saturated rings. The molecule has 0 bridgehead atoms. The summed E-state index contributed by atoms with van der Waals surface area (Å²) in [7, 11) is 0. The Balaban J connectivity index is 2.16. The first-order valence-corrected chi connectivity index (χ1v) is 8.31.